The number of halogens is 3. The van der Waals surface area contributed by atoms with E-state index in [2.05, 4.69) is 62.2 Å². The maximum Gasteiger partial charge on any atom is 2.00 e. The second kappa shape index (κ2) is 60.9. The number of ketones is 1. The van der Waals surface area contributed by atoms with E-state index in [4.69, 9.17) is 47.9 Å². The number of carboxylic acid groups (broad SMARTS) is 1. The van der Waals surface area contributed by atoms with Crippen molar-refractivity contribution < 1.29 is 89.2 Å². The van der Waals surface area contributed by atoms with Gasteiger partial charge in [0.15, 0.2) is 17.2 Å². The number of benzene rings is 6. The predicted molar refractivity (Wildman–Crippen MR) is 526 cm³/mol. The molecule has 23 nitrogen and oxygen atoms in total. The minimum Gasteiger partial charge on any atom is -1.00 e. The van der Waals surface area contributed by atoms with Gasteiger partial charge in [0.05, 0.1) is 94.4 Å². The minimum atomic E-state index is -1.46. The van der Waals surface area contributed by atoms with Crippen LogP contribution in [0.25, 0.3) is 10.5 Å². The Balaban J connectivity index is -0.000000718. The summed E-state index contributed by atoms with van der Waals surface area (Å²) in [5.41, 5.74) is 13.1. The number of amides is 1. The third kappa shape index (κ3) is 54.1. The number of carboxylic acids is 1. The van der Waals surface area contributed by atoms with Crippen molar-refractivity contribution in [2.24, 2.45) is 27.3 Å². The number of nitrogen functional groups attached to an aromatic ring is 1. The van der Waals surface area contributed by atoms with Crippen molar-refractivity contribution in [3.63, 3.8) is 0 Å². The third-order valence-electron chi connectivity index (χ3n) is 17.5. The summed E-state index contributed by atoms with van der Waals surface area (Å²) in [6.45, 7) is 51.6. The molecule has 1 amide bonds. The Bertz CT molecular complexity index is 4720. The van der Waals surface area contributed by atoms with Crippen molar-refractivity contribution in [1.29, 1.82) is 10.5 Å². The van der Waals surface area contributed by atoms with Gasteiger partial charge in [-0.05, 0) is 291 Å². The van der Waals surface area contributed by atoms with Crippen LogP contribution in [-0.2, 0) is 71.5 Å². The van der Waals surface area contributed by atoms with Gasteiger partial charge in [-0.2, -0.15) is 38.2 Å². The smallest absolute Gasteiger partial charge is 1.00 e. The summed E-state index contributed by atoms with van der Waals surface area (Å²) in [4.78, 5) is 38.1. The molecule has 1 heterocycles. The molecule has 0 aliphatic heterocycles. The largest absolute Gasteiger partial charge is 2.00 e. The molecule has 3 saturated carbocycles. The Morgan fingerprint density at radius 2 is 1.16 bits per heavy atom. The molecule has 0 spiro atoms. The van der Waals surface area contributed by atoms with E-state index in [1.165, 1.54) is 61.4 Å². The number of carbonyl (C=O) groups is 3. The van der Waals surface area contributed by atoms with Crippen LogP contribution in [0, 0.1) is 71.6 Å². The first kappa shape index (κ1) is 125. The van der Waals surface area contributed by atoms with Crippen molar-refractivity contribution in [2.75, 3.05) is 17.3 Å². The number of nitriles is 2. The molecule has 704 valence electrons. The molecule has 6 aromatic carbocycles. The van der Waals surface area contributed by atoms with E-state index in [9.17, 15) is 46.2 Å². The summed E-state index contributed by atoms with van der Waals surface area (Å²) in [6, 6.07) is 47.0. The maximum absolute atomic E-state index is 13.9. The molecule has 128 heavy (non-hydrogen) atoms. The van der Waals surface area contributed by atoms with Gasteiger partial charge in [0, 0.05) is 70.5 Å². The van der Waals surface area contributed by atoms with Crippen LogP contribution in [0.2, 0.25) is 19.6 Å². The molecule has 3 fully saturated rings. The molecule has 3 aliphatic carbocycles. The van der Waals surface area contributed by atoms with Crippen LogP contribution in [-0.4, -0.2) is 154 Å². The number of hydrogen-bond donors (Lipinski definition) is 9. The Labute approximate surface area is 814 Å². The van der Waals surface area contributed by atoms with Crippen LogP contribution in [0.3, 0.4) is 0 Å². The Morgan fingerprint density at radius 3 is 1.62 bits per heavy atom. The van der Waals surface area contributed by atoms with Gasteiger partial charge < -0.3 is 47.3 Å². The Hall–Kier alpha value is -7.07. The molecule has 7 aromatic rings. The van der Waals surface area contributed by atoms with Crippen molar-refractivity contribution in [3.05, 3.63) is 219 Å². The van der Waals surface area contributed by atoms with E-state index in [-0.39, 0.29) is 127 Å². The minimum absolute atomic E-state index is 0. The molecule has 32 heteroatoms. The number of ether oxygens (including phenoxy) is 1. The molecule has 0 saturated heterocycles. The molecule has 4 atom stereocenters. The number of aromatic nitrogens is 2. The van der Waals surface area contributed by atoms with Crippen molar-refractivity contribution in [1.82, 2.24) is 19.8 Å². The van der Waals surface area contributed by atoms with Crippen LogP contribution in [0.4, 0.5) is 30.6 Å². The summed E-state index contributed by atoms with van der Waals surface area (Å²) in [5, 5.41) is 71.9. The molecule has 0 radical (unpaired) electrons. The SMILES string of the molecule is Br.CC(C)(C)S(=O)N=C(CCC1CC1)c1cccc(C#N)c1.CC(C)(C)[S@@](N)=O.CC(C)(C)[S@](=O)NC(CCC1CC1)(c1cccc(C#N)c1)c1ccc(F)c(N)c1.CC(C)O.CC(C)O.CC(C)O.CC(C)O.CN(c1c[c-]ccc1F)[Si](C)(C)C.Cc1cc(C(=O)O)n(-c2cccc(CNC(=O)OC(C)(C)C)c2)n1.[C-]#[N+]c1cccc(C(=O)CCC2CC2)c1.[H-].[Mg+2].[Ti]. The van der Waals surface area contributed by atoms with Gasteiger partial charge >= 0.3 is 35.1 Å². The van der Waals surface area contributed by atoms with E-state index >= 15 is 0 Å². The first-order valence-corrected chi connectivity index (χ1v) is 49.1. The molecular weight excluding hydrogens is 1810 g/mol. The van der Waals surface area contributed by atoms with Gasteiger partial charge in [0.2, 0.25) is 0 Å². The summed E-state index contributed by atoms with van der Waals surface area (Å²) in [5.74, 6) is 0.725. The van der Waals surface area contributed by atoms with E-state index in [1.54, 1.807) is 162 Å². The standard InChI is InChI=1S/C23H28FN3OS.C17H21N3O4.C17H22N2OS.C13H13NO.C10H15FNSi.C4H11NOS.4C3H8O.BrH.Mg.Ti.H/c1-22(2,3)29(28)27-23(12-11-16-7-8-16,18-6-4-5-17(13-18)15-25)19-9-10-20(24)21(26)14-19;1-11-8-14(15(21)22)20(19-11)13-7-5-6-12(9-13)10-18-16(23)24-17(2,3)4;1-17(2,3)21(20)19-16(10-9-13-7-8-13)15-6-4-5-14(11-15)12-18;1-14-12-4-2-3-11(9-12)13(15)8-7-10-5-6-10;1-12(13(2,3)4)10-8-6-5-7-9(10)11;1-4(2,3)7(5)6;4*1-3(2)4;;;;/h4-6,9-10,13-14,16,27H,7-8,11-12,26H2,1-3H3;5-9H,10H2,1-4H3,(H,18,23)(H,21,22);4-6,11,13H,7-10H2,1-3H3;2-4,9-10H,5-8H2;5,7-8H,1-4H3;5H2,1-3H3;4*3-4H,1-2H3;1H;;;/q;;;;-1;;;;;;;+2;;-1/t23?,29-;;;;;7-;;;;;;;;/m0....0......../s1. The maximum atomic E-state index is 13.9. The number of aromatic carboxylic acids is 1. The number of nitrogens with two attached hydrogens (primary N) is 2. The number of carbonyl (C=O) groups excluding carboxylic acids is 2. The zero-order valence-electron chi connectivity index (χ0n) is 81.0. The fourth-order valence-corrected chi connectivity index (χ4v) is 12.7. The average Bonchev–Trinajstić information content (AvgIpc) is 1.31. The number of aryl methyl sites for hydroxylation is 1. The number of rotatable bonds is 22. The molecular formula is C96H144BrF2MgN11O12S3SiTi. The van der Waals surface area contributed by atoms with E-state index < -0.39 is 75.0 Å². The van der Waals surface area contributed by atoms with Crippen LogP contribution in [0.5, 0.6) is 0 Å². The quantitative estimate of drug-likeness (QED) is 0.0100. The molecule has 11 N–H and O–H groups in total. The topological polar surface area (TPSA) is 374 Å². The molecule has 1 aromatic heterocycles. The van der Waals surface area contributed by atoms with Crippen LogP contribution in [0.15, 0.2) is 144 Å². The van der Waals surface area contributed by atoms with Gasteiger partial charge in [0.25, 0.3) is 0 Å². The molecule has 2 unspecified atom stereocenters. The number of nitrogens with zero attached hydrogens (tertiary/aromatic N) is 7. The van der Waals surface area contributed by atoms with Crippen molar-refractivity contribution >= 4 is 122 Å². The van der Waals surface area contributed by atoms with Gasteiger partial charge in [-0.3, -0.25) is 9.93 Å². The monoisotopic (exact) mass is 1960 g/mol. The van der Waals surface area contributed by atoms with E-state index in [1.807, 2.05) is 116 Å². The summed E-state index contributed by atoms with van der Waals surface area (Å²) in [6.07, 6.45) is 11.6. The van der Waals surface area contributed by atoms with Crippen LogP contribution in [0.1, 0.15) is 277 Å². The normalized spacial score (nSPS) is 13.8. The zero-order valence-corrected chi connectivity index (χ0v) is 88.1. The van der Waals surface area contributed by atoms with Crippen LogP contribution >= 0.6 is 17.0 Å². The fourth-order valence-electron chi connectivity index (χ4n) is 10.2. The van der Waals surface area contributed by atoms with E-state index in [0.717, 1.165) is 65.5 Å². The van der Waals surface area contributed by atoms with Crippen LogP contribution < -0.4 is 25.5 Å². The number of Topliss-reactive ketones (excluding diaryl/α,β-unsaturated/α-hetero) is 1. The Kier molecular flexibility index (Phi) is 59.5. The van der Waals surface area contributed by atoms with Gasteiger partial charge in [-0.15, -0.1) is 23.0 Å². The second-order valence-electron chi connectivity index (χ2n) is 36.7. The number of nitrogens with one attached hydrogen (secondary N) is 2. The number of hydrogen-bond acceptors (Lipinski definition) is 16. The summed E-state index contributed by atoms with van der Waals surface area (Å²) < 4.78 is 78.5. The van der Waals surface area contributed by atoms with Gasteiger partial charge in [-0.25, -0.2) is 45.2 Å². The van der Waals surface area contributed by atoms with Crippen molar-refractivity contribution in [2.45, 2.75) is 298 Å². The number of alkyl carbamates (subject to hydrolysis) is 1. The zero-order chi connectivity index (χ0) is 95.7. The molecule has 0 bridgehead atoms. The summed E-state index contributed by atoms with van der Waals surface area (Å²) >= 11 is 0. The number of aliphatic hydroxyl groups is 4. The average molecular weight is 1960 g/mol. The summed E-state index contributed by atoms with van der Waals surface area (Å²) in [7, 11) is -3.36. The van der Waals surface area contributed by atoms with E-state index in [0.29, 0.717) is 58.2 Å². The fraction of sp³-hybridized carbons (Fsp3) is 0.521. The van der Waals surface area contributed by atoms with Crippen molar-refractivity contribution in [3.8, 4) is 17.8 Å². The third-order valence-corrected chi connectivity index (χ3v) is 24.1. The Morgan fingerprint density at radius 1 is 0.688 bits per heavy atom. The van der Waals surface area contributed by atoms with Gasteiger partial charge in [-0.1, -0.05) is 119 Å². The first-order valence-electron chi connectivity index (χ1n) is 42.2. The molecule has 3 aliphatic rings. The second-order valence-corrected chi connectivity index (χ2v) is 47.5. The molecule has 10 rings (SSSR count). The first-order chi connectivity index (χ1) is 57.8. The van der Waals surface area contributed by atoms with Gasteiger partial charge in [0.1, 0.15) is 30.6 Å². The number of aliphatic hydroxyl groups excluding tert-OH is 4. The predicted octanol–water partition coefficient (Wildman–Crippen LogP) is 20.4. The number of anilines is 2.